The van der Waals surface area contributed by atoms with Crippen molar-refractivity contribution in [1.29, 1.82) is 0 Å². The Morgan fingerprint density at radius 3 is 0.423 bits per heavy atom. The summed E-state index contributed by atoms with van der Waals surface area (Å²) in [7, 11) is -2.56. The van der Waals surface area contributed by atoms with Crippen molar-refractivity contribution in [1.82, 2.24) is 0 Å². The molecule has 0 fully saturated rings. The molecule has 0 bridgehead atoms. The Kier molecular flexibility index (Phi) is 18.7. The molecule has 0 aliphatic rings. The van der Waals surface area contributed by atoms with Crippen molar-refractivity contribution in [2.24, 2.45) is 0 Å². The Bertz CT molecular complexity index is 3090. The second-order valence-corrected chi connectivity index (χ2v) is 32.7. The summed E-state index contributed by atoms with van der Waals surface area (Å²) >= 11 is -1.20. The average molecular weight is 1190 g/mol. The van der Waals surface area contributed by atoms with Gasteiger partial charge in [-0.3, -0.25) is 0 Å². The fourth-order valence-corrected chi connectivity index (χ4v) is 27.6. The monoisotopic (exact) mass is 1190 g/mol. The van der Waals surface area contributed by atoms with Gasteiger partial charge in [-0.25, -0.2) is 0 Å². The van der Waals surface area contributed by atoms with Gasteiger partial charge in [-0.15, -0.1) is 0 Å². The zero-order chi connectivity index (χ0) is 52.6. The van der Waals surface area contributed by atoms with E-state index in [9.17, 15) is 0 Å². The molecule has 0 saturated heterocycles. The van der Waals surface area contributed by atoms with Crippen LogP contribution < -0.4 is 81.2 Å². The van der Waals surface area contributed by atoms with Gasteiger partial charge in [-0.05, 0) is 0 Å². The van der Waals surface area contributed by atoms with Gasteiger partial charge in [0.1, 0.15) is 0 Å². The molecule has 0 saturated carbocycles. The predicted octanol–water partition coefficient (Wildman–Crippen LogP) is 9.72. The molecular weight excluding hydrogens is 1130 g/mol. The van der Waals surface area contributed by atoms with Gasteiger partial charge in [0.05, 0.1) is 0 Å². The van der Waals surface area contributed by atoms with Crippen molar-refractivity contribution in [2.75, 3.05) is 0 Å². The first-order chi connectivity index (χ1) is 38.8. The molecule has 12 aromatic carbocycles. The molecule has 0 N–H and O–H groups in total. The van der Waals surface area contributed by atoms with Crippen LogP contribution >= 0.6 is 31.7 Å². The van der Waals surface area contributed by atoms with Crippen molar-refractivity contribution in [3.8, 4) is 0 Å². The average Bonchev–Trinajstić information content (AvgIpc) is 3.53. The van der Waals surface area contributed by atoms with E-state index in [1.165, 1.54) is 81.2 Å². The fraction of sp³-hybridized carbons (Fsp3) is 0. The SMILES string of the molecule is c1ccc(P(c2ccccc2)c2cccc[c]2[Ge][c]2ccccc2P(c2ccccc2)c2ccccc2)cc1.c1ccc(P(c2ccccc2)c2cccc[c]2[Ge][c]2ccccc2P(c2ccccc2)c2ccccc2)cc1. The predicted molar refractivity (Wildman–Crippen MR) is 351 cm³/mol. The van der Waals surface area contributed by atoms with E-state index in [0.717, 1.165) is 0 Å². The molecule has 0 unspecified atom stereocenters. The molecule has 12 aromatic rings. The second kappa shape index (κ2) is 27.4. The summed E-state index contributed by atoms with van der Waals surface area (Å²) in [6, 6.07) is 125. The zero-order valence-corrected chi connectivity index (χ0v) is 50.9. The summed E-state index contributed by atoms with van der Waals surface area (Å²) in [6.07, 6.45) is 0. The summed E-state index contributed by atoms with van der Waals surface area (Å²) in [5, 5.41) is 17.2. The Morgan fingerprint density at radius 1 is 0.141 bits per heavy atom. The van der Waals surface area contributed by atoms with Crippen LogP contribution in [0.5, 0.6) is 0 Å². The molecule has 0 aromatic heterocycles. The van der Waals surface area contributed by atoms with Gasteiger partial charge in [0.15, 0.2) is 0 Å². The van der Waals surface area contributed by atoms with Crippen LogP contribution in [0.25, 0.3) is 0 Å². The maximum absolute atomic E-state index is 2.39. The van der Waals surface area contributed by atoms with E-state index in [2.05, 4.69) is 340 Å². The van der Waals surface area contributed by atoms with E-state index in [4.69, 9.17) is 0 Å². The third-order valence-corrected chi connectivity index (χ3v) is 30.9. The summed E-state index contributed by atoms with van der Waals surface area (Å²) in [4.78, 5) is 0. The summed E-state index contributed by atoms with van der Waals surface area (Å²) in [6.45, 7) is 0. The van der Waals surface area contributed by atoms with Crippen LogP contribution in [0.4, 0.5) is 0 Å². The molecule has 0 atom stereocenters. The number of hydrogen-bond acceptors (Lipinski definition) is 0. The molecule has 78 heavy (non-hydrogen) atoms. The minimum absolute atomic E-state index is 0.598. The quantitative estimate of drug-likeness (QED) is 0.0669. The van der Waals surface area contributed by atoms with Crippen molar-refractivity contribution in [3.05, 3.63) is 340 Å². The van der Waals surface area contributed by atoms with Crippen molar-refractivity contribution >= 4 is 144 Å². The van der Waals surface area contributed by atoms with E-state index in [1.54, 1.807) is 0 Å². The zero-order valence-electron chi connectivity index (χ0n) is 43.1. The Hall–Kier alpha value is -6.55. The van der Waals surface area contributed by atoms with Crippen LogP contribution in [0.1, 0.15) is 0 Å². The molecule has 0 nitrogen and oxygen atoms in total. The Balaban J connectivity index is 0.000000165. The van der Waals surface area contributed by atoms with Crippen molar-refractivity contribution < 1.29 is 0 Å². The van der Waals surface area contributed by atoms with E-state index < -0.39 is 62.5 Å². The first-order valence-corrected chi connectivity index (χ1v) is 35.8. The van der Waals surface area contributed by atoms with Crippen molar-refractivity contribution in [2.45, 2.75) is 0 Å². The Morgan fingerprint density at radius 2 is 0.269 bits per heavy atom. The maximum atomic E-state index is 2.39. The molecular formula is C72H56Ge2P4. The Labute approximate surface area is 479 Å². The summed E-state index contributed by atoms with van der Waals surface area (Å²) in [5.41, 5.74) is 0. The van der Waals surface area contributed by atoms with E-state index in [1.807, 2.05) is 0 Å². The topological polar surface area (TPSA) is 0 Å². The van der Waals surface area contributed by atoms with Gasteiger partial charge in [0.25, 0.3) is 0 Å². The van der Waals surface area contributed by atoms with E-state index in [-0.39, 0.29) is 0 Å². The third kappa shape index (κ3) is 13.1. The van der Waals surface area contributed by atoms with Gasteiger partial charge < -0.3 is 0 Å². The van der Waals surface area contributed by atoms with Crippen LogP contribution in [0, 0.1) is 0 Å². The first-order valence-electron chi connectivity index (χ1n) is 26.3. The van der Waals surface area contributed by atoms with Crippen molar-refractivity contribution in [3.63, 3.8) is 0 Å². The normalized spacial score (nSPS) is 11.1. The van der Waals surface area contributed by atoms with Gasteiger partial charge in [0.2, 0.25) is 0 Å². The standard InChI is InChI=1S/2C36H28GeP2/c2*1-5-17-29(18-6-1)38(30-19-7-2-8-20-30)35-27-15-13-25-33(35)37-34-26-14-16-28-36(34)39(31-21-9-3-10-22-31)32-23-11-4-12-24-32/h2*1-28H. The molecule has 0 aliphatic carbocycles. The van der Waals surface area contributed by atoms with Crippen LogP contribution in [0.15, 0.2) is 340 Å². The molecule has 4 radical (unpaired) electrons. The van der Waals surface area contributed by atoms with E-state index >= 15 is 0 Å². The van der Waals surface area contributed by atoms with Gasteiger partial charge in [-0.1, -0.05) is 0 Å². The number of benzene rings is 12. The van der Waals surface area contributed by atoms with Crippen LogP contribution in [0.2, 0.25) is 0 Å². The molecule has 372 valence electrons. The first kappa shape index (κ1) is 53.5. The molecule has 0 amide bonds. The minimum atomic E-state index is -0.639. The van der Waals surface area contributed by atoms with Crippen LogP contribution in [-0.2, 0) is 0 Å². The van der Waals surface area contributed by atoms with Gasteiger partial charge in [0, 0.05) is 0 Å². The van der Waals surface area contributed by atoms with Crippen LogP contribution in [-0.4, -0.2) is 30.9 Å². The molecule has 6 heteroatoms. The summed E-state index contributed by atoms with van der Waals surface area (Å²) in [5.74, 6) is 0. The summed E-state index contributed by atoms with van der Waals surface area (Å²) < 4.78 is 6.11. The second-order valence-electron chi connectivity index (χ2n) is 18.3. The van der Waals surface area contributed by atoms with Gasteiger partial charge >= 0.3 is 484 Å². The van der Waals surface area contributed by atoms with Gasteiger partial charge in [-0.2, -0.15) is 0 Å². The molecule has 0 spiro atoms. The third-order valence-electron chi connectivity index (χ3n) is 13.2. The van der Waals surface area contributed by atoms with Crippen LogP contribution in [0.3, 0.4) is 0 Å². The molecule has 0 heterocycles. The number of hydrogen-bond donors (Lipinski definition) is 0. The number of rotatable bonds is 16. The molecule has 12 rings (SSSR count). The molecule has 0 aliphatic heterocycles. The fourth-order valence-electron chi connectivity index (χ4n) is 9.71. The van der Waals surface area contributed by atoms with E-state index in [0.29, 0.717) is 0 Å².